The Balaban J connectivity index is 2.06. The number of nitrogens with one attached hydrogen (secondary N) is 1. The van der Waals surface area contributed by atoms with E-state index in [-0.39, 0.29) is 5.41 Å². The maximum Gasteiger partial charge on any atom is 0.231 e. The van der Waals surface area contributed by atoms with Crippen LogP contribution in [0.4, 0.5) is 0 Å². The maximum atomic E-state index is 11.4. The van der Waals surface area contributed by atoms with Gasteiger partial charge in [-0.3, -0.25) is 4.79 Å². The number of hydrogen-bond donors (Lipinski definition) is 1. The fraction of sp³-hybridized carbons (Fsp3) is 0.875. The molecular weight excluding hydrogens is 140 g/mol. The molecule has 2 rings (SSSR count). The van der Waals surface area contributed by atoms with Crippen LogP contribution >= 0.6 is 0 Å². The molecule has 1 N–H and O–H groups in total. The van der Waals surface area contributed by atoms with Crippen molar-refractivity contribution >= 4 is 5.91 Å². The minimum Gasteiger partial charge on any atom is -0.344 e. The molecule has 0 aromatic rings. The van der Waals surface area contributed by atoms with Gasteiger partial charge in [-0.15, -0.1) is 0 Å². The number of rotatable bonds is 0. The second kappa shape index (κ2) is 2.21. The first kappa shape index (κ1) is 7.10. The van der Waals surface area contributed by atoms with E-state index in [0.717, 1.165) is 32.5 Å². The van der Waals surface area contributed by atoms with Gasteiger partial charge in [-0.2, -0.15) is 0 Å². The Morgan fingerprint density at radius 3 is 2.91 bits per heavy atom. The van der Waals surface area contributed by atoms with Crippen LogP contribution in [-0.2, 0) is 4.79 Å². The Morgan fingerprint density at radius 1 is 1.64 bits per heavy atom. The van der Waals surface area contributed by atoms with Crippen molar-refractivity contribution in [3.05, 3.63) is 0 Å². The number of likely N-dealkylation sites (tertiary alicyclic amines) is 1. The molecule has 0 aliphatic carbocycles. The molecule has 0 saturated carbocycles. The van der Waals surface area contributed by atoms with E-state index in [2.05, 4.69) is 5.32 Å². The van der Waals surface area contributed by atoms with E-state index in [9.17, 15) is 4.79 Å². The number of carbonyl (C=O) groups excluding carboxylic acids is 1. The monoisotopic (exact) mass is 154 g/mol. The summed E-state index contributed by atoms with van der Waals surface area (Å²) < 4.78 is 0. The van der Waals surface area contributed by atoms with Gasteiger partial charge in [0.2, 0.25) is 5.91 Å². The molecule has 11 heavy (non-hydrogen) atoms. The van der Waals surface area contributed by atoms with Crippen molar-refractivity contribution in [2.45, 2.75) is 12.8 Å². The summed E-state index contributed by atoms with van der Waals surface area (Å²) in [6.45, 7) is 2.94. The summed E-state index contributed by atoms with van der Waals surface area (Å²) in [5.74, 6) is 0.338. The van der Waals surface area contributed by atoms with Crippen LogP contribution in [0.25, 0.3) is 0 Å². The zero-order valence-electron chi connectivity index (χ0n) is 6.89. The van der Waals surface area contributed by atoms with Crippen molar-refractivity contribution in [1.82, 2.24) is 10.2 Å². The van der Waals surface area contributed by atoms with Crippen molar-refractivity contribution < 1.29 is 4.79 Å². The van der Waals surface area contributed by atoms with Gasteiger partial charge in [-0.05, 0) is 19.4 Å². The lowest BCUT2D eigenvalue weighted by Gasteiger charge is -2.49. The Hall–Kier alpha value is -0.570. The number of carbonyl (C=O) groups is 1. The zero-order valence-corrected chi connectivity index (χ0v) is 6.89. The molecule has 1 unspecified atom stereocenters. The fourth-order valence-corrected chi connectivity index (χ4v) is 2.19. The molecule has 2 saturated heterocycles. The number of amides is 1. The Morgan fingerprint density at radius 2 is 2.45 bits per heavy atom. The summed E-state index contributed by atoms with van der Waals surface area (Å²) in [5.41, 5.74) is 0.00694. The molecular formula is C8H14N2O. The normalized spacial score (nSPS) is 37.5. The predicted octanol–water partition coefficient (Wildman–Crippen LogP) is -0.172. The minimum atomic E-state index is 0.00694. The average Bonchev–Trinajstić information content (AvgIpc) is 2.06. The molecule has 0 radical (unpaired) electrons. The third kappa shape index (κ3) is 0.872. The number of hydrogen-bond acceptors (Lipinski definition) is 2. The van der Waals surface area contributed by atoms with Crippen LogP contribution in [0, 0.1) is 5.41 Å². The van der Waals surface area contributed by atoms with Gasteiger partial charge in [-0.1, -0.05) is 0 Å². The first-order valence-electron chi connectivity index (χ1n) is 4.21. The fourth-order valence-electron chi connectivity index (χ4n) is 2.19. The number of nitrogens with zero attached hydrogens (tertiary/aromatic N) is 1. The highest BCUT2D eigenvalue weighted by Crippen LogP contribution is 2.36. The van der Waals surface area contributed by atoms with Gasteiger partial charge < -0.3 is 10.2 Å². The van der Waals surface area contributed by atoms with Gasteiger partial charge in [0.25, 0.3) is 0 Å². The van der Waals surface area contributed by atoms with Crippen LogP contribution in [0.1, 0.15) is 12.8 Å². The third-order valence-electron chi connectivity index (χ3n) is 2.81. The molecule has 1 amide bonds. The van der Waals surface area contributed by atoms with E-state index in [4.69, 9.17) is 0 Å². The van der Waals surface area contributed by atoms with Gasteiger partial charge in [0.15, 0.2) is 0 Å². The molecule has 0 aromatic carbocycles. The second-order valence-corrected chi connectivity index (χ2v) is 3.72. The van der Waals surface area contributed by atoms with Crippen molar-refractivity contribution in [3.63, 3.8) is 0 Å². The van der Waals surface area contributed by atoms with Gasteiger partial charge in [0, 0.05) is 20.1 Å². The third-order valence-corrected chi connectivity index (χ3v) is 2.81. The summed E-state index contributed by atoms with van der Waals surface area (Å²) >= 11 is 0. The van der Waals surface area contributed by atoms with E-state index < -0.39 is 0 Å². The van der Waals surface area contributed by atoms with Gasteiger partial charge in [-0.25, -0.2) is 0 Å². The highest BCUT2D eigenvalue weighted by Gasteiger charge is 2.50. The lowest BCUT2D eigenvalue weighted by molar-refractivity contribution is -0.159. The minimum absolute atomic E-state index is 0.00694. The topological polar surface area (TPSA) is 32.3 Å². The van der Waals surface area contributed by atoms with Crippen molar-refractivity contribution in [2.75, 3.05) is 26.7 Å². The first-order valence-corrected chi connectivity index (χ1v) is 4.21. The largest absolute Gasteiger partial charge is 0.344 e. The van der Waals surface area contributed by atoms with Crippen LogP contribution in [-0.4, -0.2) is 37.5 Å². The highest BCUT2D eigenvalue weighted by molar-refractivity contribution is 5.88. The second-order valence-electron chi connectivity index (χ2n) is 3.72. The molecule has 0 aromatic heterocycles. The molecule has 3 heteroatoms. The van der Waals surface area contributed by atoms with Crippen LogP contribution < -0.4 is 5.32 Å². The molecule has 2 fully saturated rings. The maximum absolute atomic E-state index is 11.4. The van der Waals surface area contributed by atoms with Gasteiger partial charge in [0.1, 0.15) is 0 Å². The average molecular weight is 154 g/mol. The molecule has 2 aliphatic heterocycles. The zero-order chi connectivity index (χ0) is 7.90. The molecule has 0 bridgehead atoms. The summed E-state index contributed by atoms with van der Waals surface area (Å²) in [6.07, 6.45) is 2.24. The smallest absolute Gasteiger partial charge is 0.231 e. The van der Waals surface area contributed by atoms with Crippen LogP contribution in [0.2, 0.25) is 0 Å². The van der Waals surface area contributed by atoms with Crippen molar-refractivity contribution in [1.29, 1.82) is 0 Å². The first-order chi connectivity index (χ1) is 5.25. The summed E-state index contributed by atoms with van der Waals surface area (Å²) in [6, 6.07) is 0. The summed E-state index contributed by atoms with van der Waals surface area (Å²) in [4.78, 5) is 13.2. The molecule has 1 spiro atoms. The SMILES string of the molecule is CN1CC2(CCCNC2)C1=O. The lowest BCUT2D eigenvalue weighted by Crippen LogP contribution is -2.65. The highest BCUT2D eigenvalue weighted by atomic mass is 16.2. The van der Waals surface area contributed by atoms with E-state index >= 15 is 0 Å². The Labute approximate surface area is 66.8 Å². The number of piperidine rings is 1. The summed E-state index contributed by atoms with van der Waals surface area (Å²) in [5, 5.41) is 3.28. The van der Waals surface area contributed by atoms with E-state index in [0.29, 0.717) is 5.91 Å². The van der Waals surface area contributed by atoms with Crippen molar-refractivity contribution in [2.24, 2.45) is 5.41 Å². The standard InChI is InChI=1S/C8H14N2O/c1-10-6-8(7(10)11)3-2-4-9-5-8/h9H,2-6H2,1H3. The Bertz CT molecular complexity index is 179. The molecule has 2 heterocycles. The van der Waals surface area contributed by atoms with Gasteiger partial charge >= 0.3 is 0 Å². The summed E-state index contributed by atoms with van der Waals surface area (Å²) in [7, 11) is 1.88. The Kier molecular flexibility index (Phi) is 1.42. The van der Waals surface area contributed by atoms with Crippen LogP contribution in [0.5, 0.6) is 0 Å². The molecule has 1 atom stereocenters. The molecule has 62 valence electrons. The van der Waals surface area contributed by atoms with Crippen LogP contribution in [0.3, 0.4) is 0 Å². The van der Waals surface area contributed by atoms with Crippen molar-refractivity contribution in [3.8, 4) is 0 Å². The van der Waals surface area contributed by atoms with E-state index in [1.165, 1.54) is 0 Å². The lowest BCUT2D eigenvalue weighted by atomic mass is 9.73. The van der Waals surface area contributed by atoms with E-state index in [1.54, 1.807) is 0 Å². The number of β-lactam (4-membered cyclic amide) rings is 1. The molecule has 2 aliphatic rings. The quantitative estimate of drug-likeness (QED) is 0.491. The molecule has 3 nitrogen and oxygen atoms in total. The predicted molar refractivity (Wildman–Crippen MR) is 42.2 cm³/mol. The van der Waals surface area contributed by atoms with Crippen LogP contribution in [0.15, 0.2) is 0 Å². The van der Waals surface area contributed by atoms with E-state index in [1.807, 2.05) is 11.9 Å². The van der Waals surface area contributed by atoms with Gasteiger partial charge in [0.05, 0.1) is 5.41 Å².